The highest BCUT2D eigenvalue weighted by molar-refractivity contribution is 4.81. The zero-order chi connectivity index (χ0) is 9.56. The Labute approximate surface area is 78.1 Å². The van der Waals surface area contributed by atoms with Crippen molar-refractivity contribution in [2.45, 2.75) is 65.5 Å². The molecule has 0 amide bonds. The topological polar surface area (TPSA) is 3.24 Å². The van der Waals surface area contributed by atoms with Gasteiger partial charge in [-0.3, -0.25) is 0 Å². The van der Waals surface area contributed by atoms with Crippen LogP contribution in [0.1, 0.15) is 53.4 Å². The van der Waals surface area contributed by atoms with E-state index in [0.29, 0.717) is 0 Å². The lowest BCUT2D eigenvalue weighted by Crippen LogP contribution is -2.29. The number of hydrogen-bond acceptors (Lipinski definition) is 1. The first-order valence-corrected chi connectivity index (χ1v) is 5.47. The van der Waals surface area contributed by atoms with Crippen molar-refractivity contribution in [1.29, 1.82) is 0 Å². The first-order valence-electron chi connectivity index (χ1n) is 5.47. The zero-order valence-electron chi connectivity index (χ0n) is 9.43. The van der Waals surface area contributed by atoms with E-state index in [4.69, 9.17) is 0 Å². The maximum Gasteiger partial charge on any atom is 0.00955 e. The Morgan fingerprint density at radius 2 is 1.83 bits per heavy atom. The van der Waals surface area contributed by atoms with Gasteiger partial charge in [0.15, 0.2) is 0 Å². The van der Waals surface area contributed by atoms with E-state index < -0.39 is 0 Å². The second-order valence-corrected chi connectivity index (χ2v) is 3.53. The van der Waals surface area contributed by atoms with Crippen molar-refractivity contribution in [1.82, 2.24) is 4.90 Å². The third-order valence-corrected chi connectivity index (χ3v) is 2.81. The SMILES string of the molecule is CC.CCCC1CCC(C)N1C. The summed E-state index contributed by atoms with van der Waals surface area (Å²) in [7, 11) is 2.26. The summed E-state index contributed by atoms with van der Waals surface area (Å²) in [5.41, 5.74) is 0. The Hall–Kier alpha value is -0.0400. The first-order chi connectivity index (χ1) is 5.75. The number of nitrogens with zero attached hydrogens (tertiary/aromatic N) is 1. The average Bonchev–Trinajstić information content (AvgIpc) is 2.41. The van der Waals surface area contributed by atoms with E-state index in [1.54, 1.807) is 0 Å². The Morgan fingerprint density at radius 1 is 1.25 bits per heavy atom. The molecule has 1 nitrogen and oxygen atoms in total. The van der Waals surface area contributed by atoms with Crippen LogP contribution >= 0.6 is 0 Å². The molecule has 0 aromatic rings. The fourth-order valence-electron chi connectivity index (χ4n) is 1.88. The Bertz CT molecular complexity index is 99.2. The quantitative estimate of drug-likeness (QED) is 0.616. The van der Waals surface area contributed by atoms with Gasteiger partial charge in [-0.15, -0.1) is 0 Å². The molecule has 1 saturated heterocycles. The van der Waals surface area contributed by atoms with Crippen LogP contribution in [0.15, 0.2) is 0 Å². The molecule has 0 N–H and O–H groups in total. The van der Waals surface area contributed by atoms with Gasteiger partial charge >= 0.3 is 0 Å². The van der Waals surface area contributed by atoms with Crippen LogP contribution in [0.4, 0.5) is 0 Å². The largest absolute Gasteiger partial charge is 0.301 e. The van der Waals surface area contributed by atoms with Crippen molar-refractivity contribution in [2.75, 3.05) is 7.05 Å². The van der Waals surface area contributed by atoms with E-state index in [9.17, 15) is 0 Å². The molecular formula is C11H25N. The van der Waals surface area contributed by atoms with Gasteiger partial charge in [-0.2, -0.15) is 0 Å². The Balaban J connectivity index is 0.000000561. The lowest BCUT2D eigenvalue weighted by molar-refractivity contribution is 0.242. The van der Waals surface area contributed by atoms with E-state index in [-0.39, 0.29) is 0 Å². The first kappa shape index (κ1) is 12.0. The molecule has 1 aliphatic heterocycles. The van der Waals surface area contributed by atoms with Gasteiger partial charge in [-0.05, 0) is 33.2 Å². The van der Waals surface area contributed by atoms with Crippen molar-refractivity contribution in [3.05, 3.63) is 0 Å². The highest BCUT2D eigenvalue weighted by Gasteiger charge is 2.25. The van der Waals surface area contributed by atoms with Crippen LogP contribution in [-0.4, -0.2) is 24.0 Å². The van der Waals surface area contributed by atoms with Crippen LogP contribution in [0.5, 0.6) is 0 Å². The number of rotatable bonds is 2. The predicted octanol–water partition coefficient (Wildman–Crippen LogP) is 3.30. The summed E-state index contributed by atoms with van der Waals surface area (Å²) < 4.78 is 0. The summed E-state index contributed by atoms with van der Waals surface area (Å²) >= 11 is 0. The molecule has 1 heteroatoms. The smallest absolute Gasteiger partial charge is 0.00955 e. The minimum Gasteiger partial charge on any atom is -0.301 e. The van der Waals surface area contributed by atoms with Crippen molar-refractivity contribution in [3.8, 4) is 0 Å². The minimum atomic E-state index is 0.830. The van der Waals surface area contributed by atoms with E-state index in [2.05, 4.69) is 25.8 Å². The van der Waals surface area contributed by atoms with Crippen LogP contribution < -0.4 is 0 Å². The molecule has 1 heterocycles. The zero-order valence-corrected chi connectivity index (χ0v) is 9.43. The summed E-state index contributed by atoms with van der Waals surface area (Å²) in [6, 6.07) is 1.72. The summed E-state index contributed by atoms with van der Waals surface area (Å²) in [6.45, 7) is 8.60. The molecule has 0 saturated carbocycles. The Morgan fingerprint density at radius 3 is 2.17 bits per heavy atom. The van der Waals surface area contributed by atoms with E-state index in [1.165, 1.54) is 25.7 Å². The molecule has 1 rings (SSSR count). The van der Waals surface area contributed by atoms with Gasteiger partial charge in [-0.25, -0.2) is 0 Å². The van der Waals surface area contributed by atoms with Crippen LogP contribution in [0, 0.1) is 0 Å². The monoisotopic (exact) mass is 171 g/mol. The predicted molar refractivity (Wildman–Crippen MR) is 56.5 cm³/mol. The van der Waals surface area contributed by atoms with Gasteiger partial charge in [0.05, 0.1) is 0 Å². The van der Waals surface area contributed by atoms with Crippen LogP contribution in [-0.2, 0) is 0 Å². The third-order valence-electron chi connectivity index (χ3n) is 2.81. The van der Waals surface area contributed by atoms with E-state index >= 15 is 0 Å². The number of likely N-dealkylation sites (tertiary alicyclic amines) is 1. The van der Waals surface area contributed by atoms with Crippen molar-refractivity contribution in [3.63, 3.8) is 0 Å². The summed E-state index contributed by atoms with van der Waals surface area (Å²) in [4.78, 5) is 2.53. The highest BCUT2D eigenvalue weighted by atomic mass is 15.2. The van der Waals surface area contributed by atoms with Crippen LogP contribution in [0.2, 0.25) is 0 Å². The molecule has 0 aromatic carbocycles. The lowest BCUT2D eigenvalue weighted by atomic mass is 10.1. The van der Waals surface area contributed by atoms with Gasteiger partial charge in [0.2, 0.25) is 0 Å². The van der Waals surface area contributed by atoms with Crippen molar-refractivity contribution >= 4 is 0 Å². The summed E-state index contributed by atoms with van der Waals surface area (Å²) in [5, 5.41) is 0. The number of hydrogen-bond donors (Lipinski definition) is 0. The van der Waals surface area contributed by atoms with Gasteiger partial charge in [0.1, 0.15) is 0 Å². The molecule has 0 aromatic heterocycles. The molecule has 12 heavy (non-hydrogen) atoms. The second-order valence-electron chi connectivity index (χ2n) is 3.53. The standard InChI is InChI=1S/C9H19N.C2H6/c1-4-5-9-7-6-8(2)10(9)3;1-2/h8-9H,4-7H2,1-3H3;1-2H3. The Kier molecular flexibility index (Phi) is 6.45. The van der Waals surface area contributed by atoms with Crippen LogP contribution in [0.3, 0.4) is 0 Å². The fraction of sp³-hybridized carbons (Fsp3) is 1.00. The molecule has 0 radical (unpaired) electrons. The maximum absolute atomic E-state index is 2.53. The molecule has 2 atom stereocenters. The molecule has 0 aliphatic carbocycles. The maximum atomic E-state index is 2.53. The summed E-state index contributed by atoms with van der Waals surface area (Å²) in [6.07, 6.45) is 5.55. The molecule has 0 bridgehead atoms. The van der Waals surface area contributed by atoms with E-state index in [0.717, 1.165) is 12.1 Å². The van der Waals surface area contributed by atoms with Crippen molar-refractivity contribution in [2.24, 2.45) is 0 Å². The molecule has 74 valence electrons. The van der Waals surface area contributed by atoms with Crippen LogP contribution in [0.25, 0.3) is 0 Å². The minimum absolute atomic E-state index is 0.830. The normalized spacial score (nSPS) is 29.8. The molecule has 1 aliphatic rings. The molecule has 0 spiro atoms. The van der Waals surface area contributed by atoms with Gasteiger partial charge < -0.3 is 4.90 Å². The molecular weight excluding hydrogens is 146 g/mol. The van der Waals surface area contributed by atoms with E-state index in [1.807, 2.05) is 13.8 Å². The van der Waals surface area contributed by atoms with Crippen molar-refractivity contribution < 1.29 is 0 Å². The molecule has 2 unspecified atom stereocenters. The van der Waals surface area contributed by atoms with Gasteiger partial charge in [0, 0.05) is 12.1 Å². The average molecular weight is 171 g/mol. The van der Waals surface area contributed by atoms with Gasteiger partial charge in [-0.1, -0.05) is 27.2 Å². The lowest BCUT2D eigenvalue weighted by Gasteiger charge is -2.22. The third kappa shape index (κ3) is 3.14. The van der Waals surface area contributed by atoms with Gasteiger partial charge in [0.25, 0.3) is 0 Å². The second kappa shape index (κ2) is 6.47. The highest BCUT2D eigenvalue weighted by Crippen LogP contribution is 2.24. The fourth-order valence-corrected chi connectivity index (χ4v) is 1.88. The molecule has 1 fully saturated rings. The summed E-state index contributed by atoms with van der Waals surface area (Å²) in [5.74, 6) is 0.